The summed E-state index contributed by atoms with van der Waals surface area (Å²) in [4.78, 5) is 127. The second-order valence-electron chi connectivity index (χ2n) is 17.2. The van der Waals surface area contributed by atoms with Crippen LogP contribution in [0.1, 0.15) is 98.5 Å². The number of aliphatic hydroxyl groups excluding tert-OH is 1. The van der Waals surface area contributed by atoms with Gasteiger partial charge in [-0.25, -0.2) is 9.59 Å². The van der Waals surface area contributed by atoms with Crippen LogP contribution in [0.5, 0.6) is 0 Å². The Morgan fingerprint density at radius 1 is 0.634 bits per heavy atom. The van der Waals surface area contributed by atoms with Gasteiger partial charge in [-0.2, -0.15) is 13.2 Å². The number of carbonyl (C=O) groups is 10. The molecule has 71 heavy (non-hydrogen) atoms. The van der Waals surface area contributed by atoms with Crippen LogP contribution in [0.15, 0.2) is 30.3 Å². The van der Waals surface area contributed by atoms with Gasteiger partial charge in [0.15, 0.2) is 0 Å². The molecule has 1 rings (SSSR count). The number of carbonyl (C=O) groups excluding carboxylic acids is 7. The zero-order chi connectivity index (χ0) is 54.6. The average Bonchev–Trinajstić information content (AvgIpc) is 3.30. The smallest absolute Gasteiger partial charge is 0.481 e. The summed E-state index contributed by atoms with van der Waals surface area (Å²) in [5.41, 5.74) is 11.9. The fourth-order valence-corrected chi connectivity index (χ4v) is 6.38. The topological polar surface area (TPSA) is 388 Å². The lowest BCUT2D eigenvalue weighted by atomic mass is 9.94. The second-order valence-corrected chi connectivity index (χ2v) is 17.2. The molecule has 0 saturated heterocycles. The van der Waals surface area contributed by atoms with Crippen LogP contribution in [0.3, 0.4) is 0 Å². The van der Waals surface area contributed by atoms with E-state index in [2.05, 4.69) is 37.2 Å². The van der Waals surface area contributed by atoms with Crippen molar-refractivity contribution in [3.8, 4) is 0 Å². The highest BCUT2D eigenvalue weighted by Gasteiger charge is 2.38. The Morgan fingerprint density at radius 3 is 1.56 bits per heavy atom. The van der Waals surface area contributed by atoms with Crippen LogP contribution in [0.2, 0.25) is 0 Å². The first kappa shape index (κ1) is 64.6. The molecule has 0 radical (unpaired) electrons. The quantitative estimate of drug-likeness (QED) is 0.0414. The molecule has 0 aliphatic rings. The Morgan fingerprint density at radius 2 is 1.11 bits per heavy atom. The predicted octanol–water partition coefficient (Wildman–Crippen LogP) is -0.576. The van der Waals surface area contributed by atoms with Crippen LogP contribution >= 0.6 is 0 Å². The normalized spacial score (nSPS) is 14.9. The van der Waals surface area contributed by atoms with Crippen LogP contribution in [0.4, 0.5) is 13.2 Å². The van der Waals surface area contributed by atoms with Gasteiger partial charge in [-0.05, 0) is 62.0 Å². The number of aliphatic carboxylic acids is 3. The number of halogens is 3. The highest BCUT2D eigenvalue weighted by molar-refractivity contribution is 5.97. The van der Waals surface area contributed by atoms with E-state index < -0.39 is 146 Å². The van der Waals surface area contributed by atoms with E-state index in [4.69, 9.17) is 21.4 Å². The zero-order valence-corrected chi connectivity index (χ0v) is 40.8. The Kier molecular flexibility index (Phi) is 30.2. The van der Waals surface area contributed by atoms with Crippen molar-refractivity contribution < 1.29 is 81.5 Å². The zero-order valence-electron chi connectivity index (χ0n) is 40.8. The van der Waals surface area contributed by atoms with Crippen molar-refractivity contribution in [3.05, 3.63) is 35.9 Å². The number of amides is 7. The van der Waals surface area contributed by atoms with Crippen molar-refractivity contribution in [2.24, 2.45) is 29.2 Å². The molecule has 0 spiro atoms. The van der Waals surface area contributed by atoms with Crippen molar-refractivity contribution in [1.82, 2.24) is 37.2 Å². The molecule has 0 aromatic heterocycles. The number of nitrogens with two attached hydrogens (primary N) is 2. The van der Waals surface area contributed by atoms with Crippen molar-refractivity contribution in [2.75, 3.05) is 19.7 Å². The van der Waals surface area contributed by atoms with Crippen LogP contribution < -0.4 is 48.7 Å². The van der Waals surface area contributed by atoms with Gasteiger partial charge in [-0.15, -0.1) is 0 Å². The number of carboxylic acids is 3. The number of alkyl halides is 3. The number of carboxylic acid groups (broad SMARTS) is 3. The first-order valence-electron chi connectivity index (χ1n) is 23.1. The first-order valence-corrected chi connectivity index (χ1v) is 23.1. The maximum absolute atomic E-state index is 14.0. The number of unbranched alkanes of at least 4 members (excludes halogenated alkanes) is 1. The molecule has 0 aliphatic heterocycles. The number of benzene rings is 1. The number of rotatable bonds is 31. The van der Waals surface area contributed by atoms with Gasteiger partial charge in [0.1, 0.15) is 42.3 Å². The van der Waals surface area contributed by atoms with E-state index in [0.29, 0.717) is 31.2 Å². The van der Waals surface area contributed by atoms with Crippen LogP contribution in [-0.4, -0.2) is 148 Å². The van der Waals surface area contributed by atoms with Gasteiger partial charge in [-0.3, -0.25) is 38.4 Å². The van der Waals surface area contributed by atoms with Crippen LogP contribution in [-0.2, 0) is 54.4 Å². The number of hydrogen-bond donors (Lipinski definition) is 13. The summed E-state index contributed by atoms with van der Waals surface area (Å²) in [6, 6.07) is -0.477. The lowest BCUT2D eigenvalue weighted by molar-refractivity contribution is -0.192. The van der Waals surface area contributed by atoms with Gasteiger partial charge >= 0.3 is 24.1 Å². The Hall–Kier alpha value is -6.41. The molecule has 0 aliphatic carbocycles. The van der Waals surface area contributed by atoms with E-state index in [0.717, 1.165) is 0 Å². The van der Waals surface area contributed by atoms with Gasteiger partial charge in [0.2, 0.25) is 41.4 Å². The molecule has 0 fully saturated rings. The molecular weight excluding hydrogens is 948 g/mol. The molecular formula is C45H72F3N9O14. The van der Waals surface area contributed by atoms with E-state index in [1.807, 2.05) is 0 Å². The standard InChI is InChI=1S/C43H71N9O12.C2HF3O2/c1-7-25(5)35(52-42(62)36(26(6)8-2)51-37(57)28(45)23-53)41(61)46-22-33(54)47-31(21-27-14-10-9-11-15-27)40(60)49-30(17-18-34(55)56)39(59)48-29(16-12-13-19-44)38(58)50-32(43(63)64)20-24(3)4;3-2(4,5)1(6)7/h9-11,14-15,24-26,28-32,35-36,53H,7-8,12-13,16-23,44-45H2,1-6H3,(H,46,61)(H,47,54)(H,48,59)(H,49,60)(H,50,58)(H,51,57)(H,52,62)(H,55,56)(H,63,64);(H,6,7). The van der Waals surface area contributed by atoms with Gasteiger partial charge in [-0.1, -0.05) is 84.7 Å². The summed E-state index contributed by atoms with van der Waals surface area (Å²) in [5, 5.41) is 53.4. The minimum Gasteiger partial charge on any atom is -0.481 e. The molecule has 15 N–H and O–H groups in total. The highest BCUT2D eigenvalue weighted by atomic mass is 19.4. The fraction of sp³-hybridized carbons (Fsp3) is 0.644. The van der Waals surface area contributed by atoms with Crippen molar-refractivity contribution in [3.63, 3.8) is 0 Å². The summed E-state index contributed by atoms with van der Waals surface area (Å²) in [6.45, 7) is 9.53. The first-order chi connectivity index (χ1) is 33.1. The predicted molar refractivity (Wildman–Crippen MR) is 249 cm³/mol. The van der Waals surface area contributed by atoms with Gasteiger partial charge in [0, 0.05) is 12.8 Å². The summed E-state index contributed by atoms with van der Waals surface area (Å²) in [5.74, 6) is -11.9. The van der Waals surface area contributed by atoms with E-state index in [1.54, 1.807) is 71.9 Å². The van der Waals surface area contributed by atoms with Gasteiger partial charge in [0.25, 0.3) is 0 Å². The Bertz CT molecular complexity index is 1910. The number of hydrogen-bond acceptors (Lipinski definition) is 13. The molecule has 1 aromatic carbocycles. The molecule has 0 saturated carbocycles. The van der Waals surface area contributed by atoms with Crippen molar-refractivity contribution >= 4 is 59.3 Å². The van der Waals surface area contributed by atoms with E-state index in [9.17, 15) is 71.6 Å². The summed E-state index contributed by atoms with van der Waals surface area (Å²) in [6.07, 6.45) is -4.29. The third kappa shape index (κ3) is 25.9. The average molecular weight is 1020 g/mol. The highest BCUT2D eigenvalue weighted by Crippen LogP contribution is 2.15. The maximum Gasteiger partial charge on any atom is 0.490 e. The summed E-state index contributed by atoms with van der Waals surface area (Å²) < 4.78 is 31.7. The van der Waals surface area contributed by atoms with E-state index >= 15 is 0 Å². The largest absolute Gasteiger partial charge is 0.490 e. The molecule has 7 amide bonds. The maximum atomic E-state index is 14.0. The minimum absolute atomic E-state index is 0.0523. The van der Waals surface area contributed by atoms with Crippen molar-refractivity contribution in [1.29, 1.82) is 0 Å². The van der Waals surface area contributed by atoms with E-state index in [1.165, 1.54) is 0 Å². The third-order valence-electron chi connectivity index (χ3n) is 10.9. The van der Waals surface area contributed by atoms with Crippen molar-refractivity contribution in [2.45, 2.75) is 148 Å². The molecule has 26 heteroatoms. The minimum atomic E-state index is -5.08. The molecule has 0 bridgehead atoms. The van der Waals surface area contributed by atoms with Gasteiger partial charge in [0.05, 0.1) is 13.2 Å². The van der Waals surface area contributed by atoms with E-state index in [-0.39, 0.29) is 31.7 Å². The fourth-order valence-electron chi connectivity index (χ4n) is 6.38. The molecule has 9 unspecified atom stereocenters. The molecule has 402 valence electrons. The lowest BCUT2D eigenvalue weighted by Gasteiger charge is -2.29. The second kappa shape index (κ2) is 33.2. The lowest BCUT2D eigenvalue weighted by Crippen LogP contribution is -2.60. The molecule has 0 heterocycles. The van der Waals surface area contributed by atoms with Gasteiger partial charge < -0.3 is 69.1 Å². The molecule has 9 atom stereocenters. The molecule has 1 aromatic rings. The van der Waals surface area contributed by atoms with Crippen LogP contribution in [0.25, 0.3) is 0 Å². The monoisotopic (exact) mass is 1020 g/mol. The Labute approximate surface area is 409 Å². The Balaban J connectivity index is 0.00000647. The third-order valence-corrected chi connectivity index (χ3v) is 10.9. The number of aliphatic hydroxyl groups is 1. The number of nitrogens with one attached hydrogen (secondary N) is 7. The summed E-state index contributed by atoms with van der Waals surface area (Å²) in [7, 11) is 0. The summed E-state index contributed by atoms with van der Waals surface area (Å²) >= 11 is 0. The SMILES string of the molecule is CCC(C)C(NC(=O)C(N)CO)C(=O)NC(C(=O)NCC(=O)NC(Cc1ccccc1)C(=O)NC(CCC(=O)O)C(=O)NC(CCCCN)C(=O)NC(CC(C)C)C(=O)O)C(C)CC.O=C(O)C(F)(F)F. The van der Waals surface area contributed by atoms with Crippen LogP contribution in [0, 0.1) is 17.8 Å². The molecule has 23 nitrogen and oxygen atoms in total.